The Kier molecular flexibility index (Phi) is 11.9. The van der Waals surface area contributed by atoms with Crippen LogP contribution in [-0.2, 0) is 16.6 Å². The number of alkyl halides is 1. The predicted octanol–water partition coefficient (Wildman–Crippen LogP) is 6.82. The van der Waals surface area contributed by atoms with Gasteiger partial charge in [-0.1, -0.05) is 0 Å². The van der Waals surface area contributed by atoms with Gasteiger partial charge in [-0.25, -0.2) is 27.3 Å². The van der Waals surface area contributed by atoms with Gasteiger partial charge in [0.05, 0.1) is 46.7 Å². The van der Waals surface area contributed by atoms with E-state index in [2.05, 4.69) is 25.0 Å². The first-order valence-corrected chi connectivity index (χ1v) is 21.9. The van der Waals surface area contributed by atoms with Crippen LogP contribution in [0.1, 0.15) is 73.6 Å². The molecule has 2 aromatic heterocycles. The fourth-order valence-corrected chi connectivity index (χ4v) is 10.1. The molecule has 19 heteroatoms. The topological polar surface area (TPSA) is 174 Å². The fourth-order valence-electron chi connectivity index (χ4n) is 9.54. The zero-order valence-electron chi connectivity index (χ0n) is 34.8. The normalized spacial score (nSPS) is 22.9. The van der Waals surface area contributed by atoms with Crippen molar-refractivity contribution in [2.24, 2.45) is 7.05 Å². The number of piperidine rings is 1. The molecule has 4 atom stereocenters. The minimum atomic E-state index is -1.14. The summed E-state index contributed by atoms with van der Waals surface area (Å²) in [7, 11) is 3.49. The van der Waals surface area contributed by atoms with Crippen LogP contribution in [0.4, 0.5) is 29.5 Å². The molecule has 1 saturated carbocycles. The van der Waals surface area contributed by atoms with Crippen LogP contribution in [-0.4, -0.2) is 110 Å². The number of nitriles is 1. The number of likely N-dealkylation sites (tertiary alicyclic amines) is 1. The number of carbonyl (C=O) groups is 2. The Morgan fingerprint density at radius 3 is 2.68 bits per heavy atom. The van der Waals surface area contributed by atoms with E-state index in [1.807, 2.05) is 6.07 Å². The van der Waals surface area contributed by atoms with Crippen molar-refractivity contribution in [3.05, 3.63) is 77.1 Å². The third-order valence-corrected chi connectivity index (χ3v) is 13.7. The molecule has 3 amide bonds. The first-order chi connectivity index (χ1) is 30.4. The van der Waals surface area contributed by atoms with Crippen LogP contribution in [0.3, 0.4) is 0 Å². The van der Waals surface area contributed by atoms with Gasteiger partial charge in [0.1, 0.15) is 29.4 Å². The molecule has 63 heavy (non-hydrogen) atoms. The van der Waals surface area contributed by atoms with Gasteiger partial charge in [-0.05, 0) is 93.5 Å². The highest BCUT2D eigenvalue weighted by Gasteiger charge is 2.46. The van der Waals surface area contributed by atoms with Crippen LogP contribution in [0.25, 0.3) is 21.9 Å². The molecule has 4 fully saturated rings. The van der Waals surface area contributed by atoms with Crippen LogP contribution in [0.2, 0.25) is 0 Å². The molecule has 0 radical (unpaired) electrons. The summed E-state index contributed by atoms with van der Waals surface area (Å²) in [6, 6.07) is 12.0. The number of nitrogens with zero attached hydrogens (tertiary/aromatic N) is 8. The Balaban J connectivity index is 0.820. The number of likely N-dealkylation sites (N-methyl/N-ethyl adjacent to an activating group) is 1. The molecular weight excluding hydrogens is 838 g/mol. The summed E-state index contributed by atoms with van der Waals surface area (Å²) in [4.78, 5) is 37.4. The summed E-state index contributed by atoms with van der Waals surface area (Å²) in [5, 5.41) is 26.4. The van der Waals surface area contributed by atoms with Gasteiger partial charge in [0.2, 0.25) is 5.91 Å². The number of halogens is 3. The molecule has 15 nitrogen and oxygen atoms in total. The molecule has 5 heterocycles. The van der Waals surface area contributed by atoms with E-state index in [1.165, 1.54) is 23.1 Å². The maximum Gasteiger partial charge on any atom is 0.329 e. The van der Waals surface area contributed by atoms with Crippen molar-refractivity contribution in [1.82, 2.24) is 34.3 Å². The van der Waals surface area contributed by atoms with E-state index in [0.717, 1.165) is 37.1 Å². The van der Waals surface area contributed by atoms with Crippen molar-refractivity contribution in [1.29, 1.82) is 5.26 Å². The average Bonchev–Trinajstić information content (AvgIpc) is 3.83. The lowest BCUT2D eigenvalue weighted by atomic mass is 9.78. The van der Waals surface area contributed by atoms with E-state index < -0.39 is 23.8 Å². The van der Waals surface area contributed by atoms with Gasteiger partial charge in [-0.2, -0.15) is 10.4 Å². The Morgan fingerprint density at radius 2 is 1.92 bits per heavy atom. The smallest absolute Gasteiger partial charge is 0.329 e. The van der Waals surface area contributed by atoms with E-state index >= 15 is 13.2 Å². The number of aryl methyl sites for hydroxylation is 1. The van der Waals surface area contributed by atoms with Crippen LogP contribution < -0.4 is 19.7 Å². The first kappa shape index (κ1) is 42.8. The van der Waals surface area contributed by atoms with E-state index in [9.17, 15) is 20.0 Å². The molecule has 0 bridgehead atoms. The Labute approximate surface area is 365 Å². The van der Waals surface area contributed by atoms with Crippen molar-refractivity contribution in [2.75, 3.05) is 56.1 Å². The quantitative estimate of drug-likeness (QED) is 0.118. The van der Waals surface area contributed by atoms with Crippen molar-refractivity contribution < 1.29 is 37.3 Å². The molecule has 3 aliphatic heterocycles. The summed E-state index contributed by atoms with van der Waals surface area (Å²) >= 11 is 1.16. The average molecular weight is 885 g/mol. The highest BCUT2D eigenvalue weighted by atomic mass is 32.2. The monoisotopic (exact) mass is 884 g/mol. The lowest BCUT2D eigenvalue weighted by Crippen LogP contribution is -2.52. The summed E-state index contributed by atoms with van der Waals surface area (Å²) in [6.07, 6.45) is 4.37. The Hall–Kier alpha value is -5.52. The molecule has 5 aromatic rings. The number of nitrogens with one attached hydrogen (secondary N) is 2. The minimum Gasteiger partial charge on any atom is -0.453 e. The third-order valence-electron chi connectivity index (χ3n) is 12.9. The van der Waals surface area contributed by atoms with Crippen LogP contribution in [0, 0.1) is 23.0 Å². The minimum absolute atomic E-state index is 0.00767. The largest absolute Gasteiger partial charge is 0.453 e. The van der Waals surface area contributed by atoms with Crippen LogP contribution in [0.15, 0.2) is 48.7 Å². The van der Waals surface area contributed by atoms with Gasteiger partial charge in [0, 0.05) is 81.4 Å². The highest BCUT2D eigenvalue weighted by molar-refractivity contribution is 7.98. The molecular formula is C44H47F3N10O5S. The summed E-state index contributed by atoms with van der Waals surface area (Å²) in [6.45, 7) is 2.31. The van der Waals surface area contributed by atoms with Gasteiger partial charge in [0.25, 0.3) is 0 Å². The molecule has 3 saturated heterocycles. The van der Waals surface area contributed by atoms with Gasteiger partial charge >= 0.3 is 6.03 Å². The van der Waals surface area contributed by atoms with Gasteiger partial charge in [-0.3, -0.25) is 29.6 Å². The lowest BCUT2D eigenvalue weighted by Gasteiger charge is -2.45. The Bertz CT molecular complexity index is 2620. The summed E-state index contributed by atoms with van der Waals surface area (Å²) in [5.41, 5.74) is 3.00. The number of amides is 3. The van der Waals surface area contributed by atoms with E-state index in [1.54, 1.807) is 53.5 Å². The first-order valence-electron chi connectivity index (χ1n) is 21.1. The molecule has 330 valence electrons. The number of urea groups is 1. The zero-order valence-corrected chi connectivity index (χ0v) is 35.6. The van der Waals surface area contributed by atoms with E-state index in [-0.39, 0.29) is 78.3 Å². The second-order valence-corrected chi connectivity index (χ2v) is 17.9. The van der Waals surface area contributed by atoms with Gasteiger partial charge in [-0.15, -0.1) is 0 Å². The number of rotatable bonds is 11. The van der Waals surface area contributed by atoms with Crippen LogP contribution >= 0.6 is 12.1 Å². The molecule has 1 aliphatic carbocycles. The van der Waals surface area contributed by atoms with Crippen molar-refractivity contribution >= 4 is 57.5 Å². The van der Waals surface area contributed by atoms with Crippen molar-refractivity contribution in [3.63, 3.8) is 0 Å². The van der Waals surface area contributed by atoms with Crippen LogP contribution in [0.5, 0.6) is 11.5 Å². The number of fused-ring (bicyclic) bond motifs is 2. The molecule has 9 rings (SSSR count). The number of carbonyl (C=O) groups excluding carboxylic acids is 2. The molecule has 1 spiro atoms. The number of ether oxygens (including phenoxy) is 2. The number of hydrogen-bond acceptors (Lipinski definition) is 13. The van der Waals surface area contributed by atoms with Gasteiger partial charge in [0.15, 0.2) is 17.4 Å². The highest BCUT2D eigenvalue weighted by Crippen LogP contribution is 2.46. The molecule has 3 aromatic carbocycles. The van der Waals surface area contributed by atoms with Crippen molar-refractivity contribution in [3.8, 4) is 17.6 Å². The number of anilines is 2. The second kappa shape index (κ2) is 17.6. The van der Waals surface area contributed by atoms with E-state index in [4.69, 9.17) is 14.5 Å². The summed E-state index contributed by atoms with van der Waals surface area (Å²) < 4.78 is 65.9. The number of hydrogen-bond donors (Lipinski definition) is 3. The Morgan fingerprint density at radius 1 is 1.10 bits per heavy atom. The van der Waals surface area contributed by atoms with Gasteiger partial charge < -0.3 is 19.3 Å². The van der Waals surface area contributed by atoms with Crippen molar-refractivity contribution in [2.45, 2.75) is 74.6 Å². The maximum absolute atomic E-state index is 16.1. The number of aliphatic hydroxyl groups excluding tert-OH is 1. The third kappa shape index (κ3) is 8.49. The predicted molar refractivity (Wildman–Crippen MR) is 230 cm³/mol. The molecule has 2 unspecified atom stereocenters. The standard InChI is InChI=1S/C44H47F3N10O5S/c1-54(15-16-58)63-53-34-7-5-31(45)41(30(34)22-48)62-27-4-6-35-36(18-27)50-37(23-49-35)26-21-44(61-24-26)10-13-56(14-11-44)38-8-3-25(17-33(38)47)28-20-39-29(19-32(28)46)42(52-55(39)2)57-12-9-40(59)51-43(57)60/h4-7,18-20,23,25-26,33,38,53,58H,3,8-17,21,24H2,1-2H3,(H,51,59,60)/t25-,26?,33?,38+/m0/s1. The maximum atomic E-state index is 16.1. The number of benzene rings is 3. The SMILES string of the molecule is CN(CCO)SNc1ccc(F)c(Oc2ccc3ncc(C4COC5(CCN([C@@H]6CC[C@H](c7cc8c(cc7F)c(N7CCC(=O)NC7=O)nn8C)CC6F)CC5)C4)nc3c2)c1C#N. The summed E-state index contributed by atoms with van der Waals surface area (Å²) in [5.74, 6) is -1.50. The zero-order chi connectivity index (χ0) is 44.0. The molecule has 3 N–H and O–H groups in total. The fraction of sp³-hybridized carbons (Fsp3) is 0.455. The molecule has 4 aliphatic rings. The second-order valence-electron chi connectivity index (χ2n) is 16.8. The number of aromatic nitrogens is 4. The number of imide groups is 1. The van der Waals surface area contributed by atoms with E-state index in [0.29, 0.717) is 72.3 Å². The number of aliphatic hydroxyl groups is 1. The lowest BCUT2D eigenvalue weighted by molar-refractivity contribution is -0.120.